The second-order valence-corrected chi connectivity index (χ2v) is 13.2. The molecule has 0 radical (unpaired) electrons. The average Bonchev–Trinajstić information content (AvgIpc) is 2.93. The number of benzene rings is 4. The number of likely N-dealkylation sites (tertiary alicyclic amines) is 1. The van der Waals surface area contributed by atoms with Crippen LogP contribution in [-0.2, 0) is 10.0 Å². The van der Waals surface area contributed by atoms with Crippen molar-refractivity contribution in [1.29, 1.82) is 0 Å². The van der Waals surface area contributed by atoms with Gasteiger partial charge in [-0.1, -0.05) is 24.6 Å². The number of hydrogen-bond acceptors (Lipinski definition) is 6. The Morgan fingerprint density at radius 1 is 0.857 bits per heavy atom. The van der Waals surface area contributed by atoms with E-state index in [9.17, 15) is 13.5 Å². The van der Waals surface area contributed by atoms with Gasteiger partial charge in [0.2, 0.25) is 10.0 Å². The summed E-state index contributed by atoms with van der Waals surface area (Å²) in [6.07, 6.45) is 3.85. The van der Waals surface area contributed by atoms with Gasteiger partial charge in [0.15, 0.2) is 0 Å². The summed E-state index contributed by atoms with van der Waals surface area (Å²) in [7, 11) is -3.66. The lowest BCUT2D eigenvalue weighted by Gasteiger charge is -2.26. The second kappa shape index (κ2) is 13.3. The van der Waals surface area contributed by atoms with Crippen LogP contribution in [0.5, 0.6) is 23.0 Å². The quantitative estimate of drug-likeness (QED) is 0.206. The van der Waals surface area contributed by atoms with Gasteiger partial charge in [0, 0.05) is 23.0 Å². The molecular formula is C33H39ClN2O5S. The largest absolute Gasteiger partial charge is 0.508 e. The van der Waals surface area contributed by atoms with Gasteiger partial charge in [-0.15, -0.1) is 12.4 Å². The third-order valence-corrected chi connectivity index (χ3v) is 8.81. The molecule has 1 fully saturated rings. The maximum Gasteiger partial charge on any atom is 0.241 e. The van der Waals surface area contributed by atoms with Crippen molar-refractivity contribution in [2.45, 2.75) is 50.5 Å². The zero-order valence-corrected chi connectivity index (χ0v) is 25.9. The topological polar surface area (TPSA) is 88.1 Å². The first-order valence-corrected chi connectivity index (χ1v) is 15.6. The van der Waals surface area contributed by atoms with Crippen LogP contribution in [0.3, 0.4) is 0 Å². The zero-order chi connectivity index (χ0) is 29.0. The molecule has 7 nitrogen and oxygen atoms in total. The minimum Gasteiger partial charge on any atom is -0.508 e. The molecule has 42 heavy (non-hydrogen) atoms. The van der Waals surface area contributed by atoms with Crippen LogP contribution >= 0.6 is 12.4 Å². The highest BCUT2D eigenvalue weighted by Gasteiger charge is 2.22. The van der Waals surface area contributed by atoms with E-state index < -0.39 is 15.6 Å². The van der Waals surface area contributed by atoms with Gasteiger partial charge < -0.3 is 14.6 Å². The lowest BCUT2D eigenvalue weighted by atomic mass is 9.99. The second-order valence-electron chi connectivity index (χ2n) is 11.6. The molecule has 5 rings (SSSR count). The van der Waals surface area contributed by atoms with E-state index in [1.54, 1.807) is 36.4 Å². The molecule has 0 spiro atoms. The Kier molecular flexibility index (Phi) is 10.0. The Morgan fingerprint density at radius 2 is 1.52 bits per heavy atom. The number of phenolic OH excluding ortho intramolecular Hbond substituents is 1. The highest BCUT2D eigenvalue weighted by Crippen LogP contribution is 2.41. The van der Waals surface area contributed by atoms with E-state index in [1.165, 1.54) is 19.3 Å². The fourth-order valence-corrected chi connectivity index (χ4v) is 6.52. The van der Waals surface area contributed by atoms with Crippen molar-refractivity contribution in [3.05, 3.63) is 78.9 Å². The van der Waals surface area contributed by atoms with Crippen molar-refractivity contribution in [3.63, 3.8) is 0 Å². The molecule has 0 bridgehead atoms. The first kappa shape index (κ1) is 31.6. The summed E-state index contributed by atoms with van der Waals surface area (Å²) in [6, 6.07) is 23.3. The molecule has 9 heteroatoms. The number of fused-ring (bicyclic) bond motifs is 1. The maximum absolute atomic E-state index is 12.8. The van der Waals surface area contributed by atoms with Crippen LogP contribution in [0.2, 0.25) is 0 Å². The van der Waals surface area contributed by atoms with E-state index in [0.717, 1.165) is 47.3 Å². The van der Waals surface area contributed by atoms with Crippen molar-refractivity contribution in [2.75, 3.05) is 26.2 Å². The van der Waals surface area contributed by atoms with Crippen LogP contribution in [-0.4, -0.2) is 50.2 Å². The summed E-state index contributed by atoms with van der Waals surface area (Å²) in [5, 5.41) is 11.7. The van der Waals surface area contributed by atoms with Crippen molar-refractivity contribution in [1.82, 2.24) is 9.62 Å². The summed E-state index contributed by atoms with van der Waals surface area (Å²) in [5.74, 6) is 2.22. The molecule has 0 atom stereocenters. The Balaban J connectivity index is 0.00000405. The Bertz CT molecular complexity index is 1600. The lowest BCUT2D eigenvalue weighted by Crippen LogP contribution is -2.40. The van der Waals surface area contributed by atoms with Crippen LogP contribution in [0.25, 0.3) is 21.9 Å². The standard InChI is InChI=1S/C33H38N2O5S.ClH/c1-33(2,3)34-41(37,38)29-15-7-24(8-16-29)30-17-9-25-23-26(36)10-18-31(25)32(30)40-28-13-11-27(12-14-28)39-22-21-35-19-5-4-6-20-35;/h7-18,23,34,36H,4-6,19-22H2,1-3H3;1H. The first-order chi connectivity index (χ1) is 19.6. The van der Waals surface area contributed by atoms with Crippen LogP contribution in [0.4, 0.5) is 0 Å². The van der Waals surface area contributed by atoms with E-state index in [0.29, 0.717) is 18.1 Å². The minimum absolute atomic E-state index is 0. The van der Waals surface area contributed by atoms with Gasteiger partial charge in [-0.25, -0.2) is 13.1 Å². The SMILES string of the molecule is CC(C)(C)NS(=O)(=O)c1ccc(-c2ccc3cc(O)ccc3c2Oc2ccc(OCCN3CCCCC3)cc2)cc1.Cl. The van der Waals surface area contributed by atoms with Gasteiger partial charge in [-0.3, -0.25) is 4.90 Å². The number of piperidine rings is 1. The summed E-state index contributed by atoms with van der Waals surface area (Å²) in [4.78, 5) is 2.64. The summed E-state index contributed by atoms with van der Waals surface area (Å²) in [5.41, 5.74) is 1.02. The van der Waals surface area contributed by atoms with Gasteiger partial charge in [0.1, 0.15) is 29.6 Å². The van der Waals surface area contributed by atoms with Crippen molar-refractivity contribution < 1.29 is 23.0 Å². The molecule has 0 aliphatic carbocycles. The number of hydrogen-bond donors (Lipinski definition) is 2. The van der Waals surface area contributed by atoms with Crippen molar-refractivity contribution in [3.8, 4) is 34.1 Å². The molecule has 2 N–H and O–H groups in total. The molecule has 1 heterocycles. The summed E-state index contributed by atoms with van der Waals surface area (Å²) in [6.45, 7) is 9.30. The minimum atomic E-state index is -3.66. The molecule has 4 aromatic carbocycles. The third kappa shape index (κ3) is 7.95. The van der Waals surface area contributed by atoms with E-state index in [-0.39, 0.29) is 23.1 Å². The highest BCUT2D eigenvalue weighted by atomic mass is 35.5. The maximum atomic E-state index is 12.8. The Hall–Kier alpha value is -3.30. The number of aromatic hydroxyl groups is 1. The molecule has 0 aromatic heterocycles. The average molecular weight is 611 g/mol. The number of ether oxygens (including phenoxy) is 2. The van der Waals surface area contributed by atoms with Crippen molar-refractivity contribution in [2.24, 2.45) is 0 Å². The number of nitrogens with one attached hydrogen (secondary N) is 1. The highest BCUT2D eigenvalue weighted by molar-refractivity contribution is 7.89. The molecule has 1 saturated heterocycles. The molecule has 0 unspecified atom stereocenters. The molecule has 4 aromatic rings. The molecule has 0 saturated carbocycles. The normalized spacial score (nSPS) is 14.4. The lowest BCUT2D eigenvalue weighted by molar-refractivity contribution is 0.183. The fraction of sp³-hybridized carbons (Fsp3) is 0.333. The number of nitrogens with zero attached hydrogens (tertiary/aromatic N) is 1. The Morgan fingerprint density at radius 3 is 2.19 bits per heavy atom. The van der Waals surface area contributed by atoms with Crippen LogP contribution in [0, 0.1) is 0 Å². The van der Waals surface area contributed by atoms with E-state index in [4.69, 9.17) is 9.47 Å². The van der Waals surface area contributed by atoms with Crippen LogP contribution in [0.15, 0.2) is 83.8 Å². The van der Waals surface area contributed by atoms with E-state index in [1.807, 2.05) is 63.2 Å². The smallest absolute Gasteiger partial charge is 0.241 e. The molecule has 0 amide bonds. The summed E-state index contributed by atoms with van der Waals surface area (Å²) >= 11 is 0. The van der Waals surface area contributed by atoms with E-state index >= 15 is 0 Å². The van der Waals surface area contributed by atoms with E-state index in [2.05, 4.69) is 9.62 Å². The third-order valence-electron chi connectivity index (χ3n) is 7.04. The predicted molar refractivity (Wildman–Crippen MR) is 171 cm³/mol. The first-order valence-electron chi connectivity index (χ1n) is 14.1. The monoisotopic (exact) mass is 610 g/mol. The van der Waals surface area contributed by atoms with Gasteiger partial charge in [-0.05, 0) is 118 Å². The fourth-order valence-electron chi connectivity index (χ4n) is 5.10. The van der Waals surface area contributed by atoms with Crippen molar-refractivity contribution >= 4 is 33.2 Å². The number of phenols is 1. The van der Waals surface area contributed by atoms with Gasteiger partial charge >= 0.3 is 0 Å². The predicted octanol–water partition coefficient (Wildman–Crippen LogP) is 7.37. The zero-order valence-electron chi connectivity index (χ0n) is 24.3. The van der Waals surface area contributed by atoms with Gasteiger partial charge in [0.05, 0.1) is 4.90 Å². The van der Waals surface area contributed by atoms with Gasteiger partial charge in [0.25, 0.3) is 0 Å². The van der Waals surface area contributed by atoms with Crippen LogP contribution < -0.4 is 14.2 Å². The molecular weight excluding hydrogens is 572 g/mol. The van der Waals surface area contributed by atoms with Crippen LogP contribution in [0.1, 0.15) is 40.0 Å². The summed E-state index contributed by atoms with van der Waals surface area (Å²) < 4.78 is 40.8. The molecule has 1 aliphatic rings. The Labute approximate surface area is 254 Å². The molecule has 1 aliphatic heterocycles. The number of sulfonamides is 1. The van der Waals surface area contributed by atoms with Gasteiger partial charge in [-0.2, -0.15) is 0 Å². The number of halogens is 1. The molecule has 224 valence electrons. The number of rotatable bonds is 9.